The Kier molecular flexibility index (Phi) is 12.8. The number of hydrogen-bond donors (Lipinski definition) is 0. The highest BCUT2D eigenvalue weighted by Crippen LogP contribution is 2.36. The highest BCUT2D eigenvalue weighted by molar-refractivity contribution is 8.23. The monoisotopic (exact) mass is 528 g/mol. The Morgan fingerprint density at radius 3 is 2.11 bits per heavy atom. The molecule has 0 heterocycles. The summed E-state index contributed by atoms with van der Waals surface area (Å²) in [6.07, 6.45) is 1.97. The normalized spacial score (nSPS) is 11.9. The second-order valence-electron chi connectivity index (χ2n) is 8.15. The topological polar surface area (TPSA) is 27.7 Å². The molecule has 0 amide bonds. The Bertz CT molecular complexity index is 995. The summed E-state index contributed by atoms with van der Waals surface area (Å²) >= 11 is 13.5. The molecule has 3 aromatic rings. The number of ether oxygens (including phenoxy) is 3. The average molecular weight is 529 g/mol. The molecule has 0 N–H and O–H groups in total. The lowest BCUT2D eigenvalue weighted by Gasteiger charge is -2.18. The summed E-state index contributed by atoms with van der Waals surface area (Å²) in [7, 11) is 1.67. The van der Waals surface area contributed by atoms with Crippen LogP contribution in [0.2, 0.25) is 0 Å². The summed E-state index contributed by atoms with van der Waals surface area (Å²) in [4.78, 5) is 0. The third-order valence-electron chi connectivity index (χ3n) is 5.56. The van der Waals surface area contributed by atoms with Crippen LogP contribution in [0.5, 0.6) is 0 Å². The van der Waals surface area contributed by atoms with Gasteiger partial charge in [-0.3, -0.25) is 0 Å². The van der Waals surface area contributed by atoms with Gasteiger partial charge >= 0.3 is 0 Å². The fourth-order valence-electron chi connectivity index (χ4n) is 3.54. The first-order valence-corrected chi connectivity index (χ1v) is 13.6. The van der Waals surface area contributed by atoms with Crippen LogP contribution in [0.4, 0.5) is 0 Å². The zero-order chi connectivity index (χ0) is 24.7. The molecule has 0 aromatic heterocycles. The van der Waals surface area contributed by atoms with E-state index in [4.69, 9.17) is 38.0 Å². The van der Waals surface area contributed by atoms with Crippen molar-refractivity contribution in [2.45, 2.75) is 30.6 Å². The number of alkyl halides is 1. The maximum absolute atomic E-state index is 6.00. The van der Waals surface area contributed by atoms with Gasteiger partial charge in [0.05, 0.1) is 37.2 Å². The molecule has 3 rings (SSSR count). The Hall–Kier alpha value is -1.73. The molecule has 0 fully saturated rings. The molecule has 0 spiro atoms. The summed E-state index contributed by atoms with van der Waals surface area (Å²) in [5.41, 5.74) is 5.98. The van der Waals surface area contributed by atoms with Gasteiger partial charge in [0.25, 0.3) is 0 Å². The quantitative estimate of drug-likeness (QED) is 0.116. The molecular formula is C29H33ClO3S2. The second-order valence-corrected chi connectivity index (χ2v) is 10.3. The van der Waals surface area contributed by atoms with Crippen molar-refractivity contribution in [2.75, 3.05) is 33.5 Å². The number of benzene rings is 3. The van der Waals surface area contributed by atoms with E-state index in [9.17, 15) is 0 Å². The van der Waals surface area contributed by atoms with Gasteiger partial charge in [-0.2, -0.15) is 0 Å². The van der Waals surface area contributed by atoms with Crippen molar-refractivity contribution >= 4 is 39.8 Å². The van der Waals surface area contributed by atoms with Crippen molar-refractivity contribution in [3.05, 3.63) is 107 Å². The molecule has 1 atom stereocenters. The van der Waals surface area contributed by atoms with Crippen molar-refractivity contribution in [1.82, 2.24) is 0 Å². The van der Waals surface area contributed by atoms with Crippen LogP contribution in [0.3, 0.4) is 0 Å². The van der Waals surface area contributed by atoms with E-state index < -0.39 is 0 Å². The van der Waals surface area contributed by atoms with E-state index in [1.54, 1.807) is 18.9 Å². The Morgan fingerprint density at radius 2 is 1.43 bits per heavy atom. The second kappa shape index (κ2) is 16.1. The molecule has 0 aliphatic heterocycles. The predicted molar refractivity (Wildman–Crippen MR) is 152 cm³/mol. The van der Waals surface area contributed by atoms with Gasteiger partial charge in [-0.25, -0.2) is 0 Å². The fourth-order valence-corrected chi connectivity index (χ4v) is 5.26. The van der Waals surface area contributed by atoms with E-state index in [1.807, 2.05) is 18.2 Å². The summed E-state index contributed by atoms with van der Waals surface area (Å²) in [5, 5.41) is 0.271. The van der Waals surface area contributed by atoms with Crippen molar-refractivity contribution in [3.8, 4) is 0 Å². The van der Waals surface area contributed by atoms with Crippen molar-refractivity contribution in [3.63, 3.8) is 0 Å². The Labute approximate surface area is 224 Å². The largest absolute Gasteiger partial charge is 0.382 e. The van der Waals surface area contributed by atoms with Gasteiger partial charge in [-0.05, 0) is 40.7 Å². The number of hydrogen-bond acceptors (Lipinski definition) is 5. The average Bonchev–Trinajstić information content (AvgIpc) is 2.91. The first-order chi connectivity index (χ1) is 17.2. The van der Waals surface area contributed by atoms with E-state index >= 15 is 0 Å². The van der Waals surface area contributed by atoms with Gasteiger partial charge < -0.3 is 14.2 Å². The minimum absolute atomic E-state index is 0.271. The van der Waals surface area contributed by atoms with Crippen LogP contribution in [0.1, 0.15) is 39.5 Å². The molecular weight excluding hydrogens is 496 g/mol. The number of thiocarbonyl (C=S) groups is 1. The Balaban J connectivity index is 1.54. The molecule has 0 aliphatic carbocycles. The lowest BCUT2D eigenvalue weighted by Crippen LogP contribution is -2.08. The third-order valence-corrected chi connectivity index (χ3v) is 7.63. The number of halogens is 1. The predicted octanol–water partition coefficient (Wildman–Crippen LogP) is 7.39. The molecule has 3 nitrogen and oxygen atoms in total. The van der Waals surface area contributed by atoms with Gasteiger partial charge in [-0.1, -0.05) is 91.1 Å². The highest BCUT2D eigenvalue weighted by atomic mass is 35.5. The standard InChI is InChI=1S/C29H33ClO3S2/c1-31-17-18-32-19-20-33-22-25-9-7-23(8-10-25)13-16-28(26-14-11-24(21-30)12-15-26)35-29(34)27-5-3-2-4-6-27/h2-12,14-15,28H,13,16-22H2,1H3. The van der Waals surface area contributed by atoms with Crippen LogP contribution in [-0.4, -0.2) is 37.7 Å². The van der Waals surface area contributed by atoms with E-state index in [0.29, 0.717) is 38.9 Å². The van der Waals surface area contributed by atoms with Crippen LogP contribution in [0, 0.1) is 0 Å². The van der Waals surface area contributed by atoms with Crippen LogP contribution in [0.25, 0.3) is 0 Å². The van der Waals surface area contributed by atoms with Gasteiger partial charge in [0.15, 0.2) is 0 Å². The van der Waals surface area contributed by atoms with Gasteiger partial charge in [0.1, 0.15) is 0 Å². The molecule has 6 heteroatoms. The van der Waals surface area contributed by atoms with Crippen molar-refractivity contribution in [1.29, 1.82) is 0 Å². The van der Waals surface area contributed by atoms with Crippen LogP contribution in [0.15, 0.2) is 78.9 Å². The summed E-state index contributed by atoms with van der Waals surface area (Å²) < 4.78 is 17.0. The fraction of sp³-hybridized carbons (Fsp3) is 0.345. The molecule has 0 radical (unpaired) electrons. The summed E-state index contributed by atoms with van der Waals surface area (Å²) in [6.45, 7) is 2.95. The molecule has 1 unspecified atom stereocenters. The lowest BCUT2D eigenvalue weighted by molar-refractivity contribution is 0.0199. The number of rotatable bonds is 15. The minimum atomic E-state index is 0.271. The van der Waals surface area contributed by atoms with Crippen LogP contribution in [-0.2, 0) is 33.1 Å². The first kappa shape index (κ1) is 27.9. The first-order valence-electron chi connectivity index (χ1n) is 11.8. The van der Waals surface area contributed by atoms with Crippen LogP contribution >= 0.6 is 35.6 Å². The maximum Gasteiger partial charge on any atom is 0.0784 e. The number of thioether (sulfide) groups is 1. The third kappa shape index (κ3) is 10.0. The summed E-state index contributed by atoms with van der Waals surface area (Å²) in [5.74, 6) is 0.525. The lowest BCUT2D eigenvalue weighted by atomic mass is 10.0. The van der Waals surface area contributed by atoms with Crippen molar-refractivity contribution < 1.29 is 14.2 Å². The molecule has 35 heavy (non-hydrogen) atoms. The van der Waals surface area contributed by atoms with Gasteiger partial charge in [0.2, 0.25) is 0 Å². The zero-order valence-electron chi connectivity index (χ0n) is 20.2. The molecule has 0 saturated carbocycles. The highest BCUT2D eigenvalue weighted by Gasteiger charge is 2.16. The smallest absolute Gasteiger partial charge is 0.0784 e. The SMILES string of the molecule is COCCOCCOCc1ccc(CCC(SC(=S)c2ccccc2)c2ccc(CCl)cc2)cc1. The van der Waals surface area contributed by atoms with Gasteiger partial charge in [0, 0.05) is 18.2 Å². The molecule has 0 bridgehead atoms. The van der Waals surface area contributed by atoms with E-state index in [0.717, 1.165) is 28.2 Å². The van der Waals surface area contributed by atoms with E-state index in [1.165, 1.54) is 16.7 Å². The summed E-state index contributed by atoms with van der Waals surface area (Å²) in [6, 6.07) is 27.5. The van der Waals surface area contributed by atoms with Gasteiger partial charge in [-0.15, -0.1) is 23.4 Å². The molecule has 0 aliphatic rings. The minimum Gasteiger partial charge on any atom is -0.382 e. The molecule has 3 aromatic carbocycles. The van der Waals surface area contributed by atoms with Crippen molar-refractivity contribution in [2.24, 2.45) is 0 Å². The number of aryl methyl sites for hydroxylation is 1. The molecule has 0 saturated heterocycles. The number of methoxy groups -OCH3 is 1. The zero-order valence-corrected chi connectivity index (χ0v) is 22.5. The Morgan fingerprint density at radius 1 is 0.800 bits per heavy atom. The maximum atomic E-state index is 6.00. The van der Waals surface area contributed by atoms with E-state index in [-0.39, 0.29) is 5.25 Å². The molecule has 186 valence electrons. The van der Waals surface area contributed by atoms with E-state index in [2.05, 4.69) is 60.7 Å². The van der Waals surface area contributed by atoms with Crippen LogP contribution < -0.4 is 0 Å².